The predicted molar refractivity (Wildman–Crippen MR) is 78.8 cm³/mol. The molecule has 4 nitrogen and oxygen atoms in total. The van der Waals surface area contributed by atoms with E-state index < -0.39 is 0 Å². The Balaban J connectivity index is 2.45. The van der Waals surface area contributed by atoms with Gasteiger partial charge in [-0.05, 0) is 36.4 Å². The highest BCUT2D eigenvalue weighted by atomic mass is 35.5. The number of carbonyl (C=O) groups is 1. The molecule has 0 amide bonds. The molecular weight excluding hydrogens is 278 g/mol. The lowest BCUT2D eigenvalue weighted by Crippen LogP contribution is -2.04. The average molecular weight is 292 g/mol. The molecule has 0 unspecified atom stereocenters. The molecule has 2 aromatic rings. The van der Waals surface area contributed by atoms with Crippen LogP contribution in [-0.2, 0) is 0 Å². The lowest BCUT2D eigenvalue weighted by Gasteiger charge is -2.10. The van der Waals surface area contributed by atoms with E-state index in [2.05, 4.69) is 0 Å². The number of hydrogen-bond donors (Lipinski definition) is 1. The highest BCUT2D eigenvalue weighted by Gasteiger charge is 2.15. The van der Waals surface area contributed by atoms with Gasteiger partial charge in [0.2, 0.25) is 0 Å². The topological polar surface area (TPSA) is 61.5 Å². The van der Waals surface area contributed by atoms with Gasteiger partial charge in [-0.15, -0.1) is 0 Å². The van der Waals surface area contributed by atoms with Crippen molar-refractivity contribution in [3.8, 4) is 11.5 Å². The van der Waals surface area contributed by atoms with Crippen molar-refractivity contribution in [1.82, 2.24) is 0 Å². The second kappa shape index (κ2) is 5.84. The summed E-state index contributed by atoms with van der Waals surface area (Å²) in [5.41, 5.74) is 6.99. The summed E-state index contributed by atoms with van der Waals surface area (Å²) in [5.74, 6) is 0.823. The molecule has 0 aliphatic rings. The smallest absolute Gasteiger partial charge is 0.194 e. The van der Waals surface area contributed by atoms with Crippen molar-refractivity contribution >= 4 is 23.1 Å². The predicted octanol–water partition coefficient (Wildman–Crippen LogP) is 3.17. The molecule has 0 bridgehead atoms. The summed E-state index contributed by atoms with van der Waals surface area (Å²) in [4.78, 5) is 12.5. The number of methoxy groups -OCH3 is 2. The Morgan fingerprint density at radius 3 is 2.40 bits per heavy atom. The van der Waals surface area contributed by atoms with Gasteiger partial charge in [0.1, 0.15) is 0 Å². The Morgan fingerprint density at radius 1 is 1.05 bits per heavy atom. The van der Waals surface area contributed by atoms with E-state index in [0.29, 0.717) is 33.3 Å². The number of benzene rings is 2. The minimum absolute atomic E-state index is 0.219. The van der Waals surface area contributed by atoms with Crippen molar-refractivity contribution in [2.24, 2.45) is 0 Å². The number of hydrogen-bond acceptors (Lipinski definition) is 4. The molecule has 104 valence electrons. The van der Waals surface area contributed by atoms with Crippen molar-refractivity contribution in [3.63, 3.8) is 0 Å². The fourth-order valence-corrected chi connectivity index (χ4v) is 2.05. The molecule has 2 aromatic carbocycles. The second-order valence-corrected chi connectivity index (χ2v) is 4.55. The Labute approximate surface area is 122 Å². The minimum atomic E-state index is -0.219. The summed E-state index contributed by atoms with van der Waals surface area (Å²) >= 11 is 6.04. The summed E-state index contributed by atoms with van der Waals surface area (Å²) in [6.07, 6.45) is 0. The monoisotopic (exact) mass is 291 g/mol. The first-order valence-corrected chi connectivity index (χ1v) is 6.26. The zero-order valence-electron chi connectivity index (χ0n) is 11.1. The zero-order valence-corrected chi connectivity index (χ0v) is 11.9. The van der Waals surface area contributed by atoms with Crippen LogP contribution in [0.5, 0.6) is 11.5 Å². The van der Waals surface area contributed by atoms with Gasteiger partial charge >= 0.3 is 0 Å². The van der Waals surface area contributed by atoms with Crippen LogP contribution in [0.3, 0.4) is 0 Å². The SMILES string of the molecule is COc1ccc(C(=O)c2cc(N)ccc2Cl)cc1OC. The molecule has 0 aliphatic heterocycles. The second-order valence-electron chi connectivity index (χ2n) is 4.14. The number of anilines is 1. The maximum Gasteiger partial charge on any atom is 0.194 e. The number of ketones is 1. The quantitative estimate of drug-likeness (QED) is 0.694. The average Bonchev–Trinajstić information content (AvgIpc) is 2.48. The Kier molecular flexibility index (Phi) is 4.15. The van der Waals surface area contributed by atoms with Crippen LogP contribution >= 0.6 is 11.6 Å². The molecule has 0 radical (unpaired) electrons. The minimum Gasteiger partial charge on any atom is -0.493 e. The number of rotatable bonds is 4. The van der Waals surface area contributed by atoms with Gasteiger partial charge in [-0.3, -0.25) is 4.79 Å². The molecule has 0 heterocycles. The summed E-state index contributed by atoms with van der Waals surface area (Å²) in [6.45, 7) is 0. The van der Waals surface area contributed by atoms with Crippen LogP contribution in [0.15, 0.2) is 36.4 Å². The first kappa shape index (κ1) is 14.2. The fourth-order valence-electron chi connectivity index (χ4n) is 1.85. The summed E-state index contributed by atoms with van der Waals surface area (Å²) in [5, 5.41) is 0.360. The van der Waals surface area contributed by atoms with Crippen LogP contribution in [0.25, 0.3) is 0 Å². The summed E-state index contributed by atoms with van der Waals surface area (Å²) in [7, 11) is 3.05. The normalized spacial score (nSPS) is 10.2. The van der Waals surface area contributed by atoms with Gasteiger partial charge in [0.15, 0.2) is 17.3 Å². The molecule has 2 N–H and O–H groups in total. The van der Waals surface area contributed by atoms with E-state index in [1.54, 1.807) is 36.4 Å². The summed E-state index contributed by atoms with van der Waals surface area (Å²) < 4.78 is 10.3. The first-order valence-electron chi connectivity index (χ1n) is 5.88. The maximum atomic E-state index is 12.5. The number of carbonyl (C=O) groups excluding carboxylic acids is 1. The third-order valence-electron chi connectivity index (χ3n) is 2.88. The van der Waals surface area contributed by atoms with Crippen molar-refractivity contribution in [1.29, 1.82) is 0 Å². The molecule has 0 aromatic heterocycles. The lowest BCUT2D eigenvalue weighted by atomic mass is 10.0. The van der Waals surface area contributed by atoms with Crippen molar-refractivity contribution < 1.29 is 14.3 Å². The van der Waals surface area contributed by atoms with Gasteiger partial charge in [-0.1, -0.05) is 11.6 Å². The van der Waals surface area contributed by atoms with E-state index >= 15 is 0 Å². The van der Waals surface area contributed by atoms with E-state index in [1.807, 2.05) is 0 Å². The van der Waals surface area contributed by atoms with E-state index in [0.717, 1.165) is 0 Å². The highest BCUT2D eigenvalue weighted by Crippen LogP contribution is 2.30. The number of ether oxygens (including phenoxy) is 2. The van der Waals surface area contributed by atoms with Gasteiger partial charge in [0.05, 0.1) is 19.2 Å². The van der Waals surface area contributed by atoms with Crippen LogP contribution in [0.1, 0.15) is 15.9 Å². The molecule has 0 saturated heterocycles. The van der Waals surface area contributed by atoms with Crippen LogP contribution < -0.4 is 15.2 Å². The van der Waals surface area contributed by atoms with Gasteiger partial charge < -0.3 is 15.2 Å². The van der Waals surface area contributed by atoms with Crippen LogP contribution in [-0.4, -0.2) is 20.0 Å². The number of nitrogen functional groups attached to an aromatic ring is 1. The third kappa shape index (κ3) is 2.70. The van der Waals surface area contributed by atoms with Gasteiger partial charge in [0, 0.05) is 16.8 Å². The Bertz CT molecular complexity index is 656. The van der Waals surface area contributed by atoms with E-state index in [4.69, 9.17) is 26.8 Å². The van der Waals surface area contributed by atoms with Crippen molar-refractivity contribution in [3.05, 3.63) is 52.5 Å². The fraction of sp³-hybridized carbons (Fsp3) is 0.133. The van der Waals surface area contributed by atoms with E-state index in [9.17, 15) is 4.79 Å². The Morgan fingerprint density at radius 2 is 1.75 bits per heavy atom. The number of nitrogens with two attached hydrogens (primary N) is 1. The molecule has 0 saturated carbocycles. The molecule has 20 heavy (non-hydrogen) atoms. The molecule has 0 atom stereocenters. The van der Waals surface area contributed by atoms with E-state index in [1.165, 1.54) is 14.2 Å². The van der Waals surface area contributed by atoms with Crippen molar-refractivity contribution in [2.45, 2.75) is 0 Å². The molecule has 5 heteroatoms. The van der Waals surface area contributed by atoms with Crippen LogP contribution in [0.4, 0.5) is 5.69 Å². The molecule has 0 fully saturated rings. The van der Waals surface area contributed by atoms with Gasteiger partial charge in [0.25, 0.3) is 0 Å². The molecular formula is C15H14ClNO3. The number of halogens is 1. The lowest BCUT2D eigenvalue weighted by molar-refractivity contribution is 0.103. The first-order chi connectivity index (χ1) is 9.56. The molecule has 2 rings (SSSR count). The Hall–Kier alpha value is -2.20. The van der Waals surface area contributed by atoms with Crippen LogP contribution in [0.2, 0.25) is 5.02 Å². The molecule has 0 aliphatic carbocycles. The zero-order chi connectivity index (χ0) is 14.7. The summed E-state index contributed by atoms with van der Waals surface area (Å²) in [6, 6.07) is 9.75. The van der Waals surface area contributed by atoms with Gasteiger partial charge in [-0.2, -0.15) is 0 Å². The van der Waals surface area contributed by atoms with Crippen molar-refractivity contribution in [2.75, 3.05) is 20.0 Å². The van der Waals surface area contributed by atoms with Gasteiger partial charge in [-0.25, -0.2) is 0 Å². The molecule has 0 spiro atoms. The highest BCUT2D eigenvalue weighted by molar-refractivity contribution is 6.35. The van der Waals surface area contributed by atoms with Crippen LogP contribution in [0, 0.1) is 0 Å². The largest absolute Gasteiger partial charge is 0.493 e. The standard InChI is InChI=1S/C15H14ClNO3/c1-19-13-6-3-9(7-14(13)20-2)15(18)11-8-10(17)4-5-12(11)16/h3-8H,17H2,1-2H3. The van der Waals surface area contributed by atoms with E-state index in [-0.39, 0.29) is 5.78 Å². The maximum absolute atomic E-state index is 12.5. The third-order valence-corrected chi connectivity index (χ3v) is 3.21.